The van der Waals surface area contributed by atoms with Crippen molar-refractivity contribution in [3.8, 4) is 28.3 Å². The van der Waals surface area contributed by atoms with Crippen molar-refractivity contribution in [3.05, 3.63) is 49.1 Å². The van der Waals surface area contributed by atoms with Gasteiger partial charge in [0.2, 0.25) is 0 Å². The lowest BCUT2D eigenvalue weighted by Crippen LogP contribution is -1.87. The molecule has 0 fully saturated rings. The summed E-state index contributed by atoms with van der Waals surface area (Å²) in [6.07, 6.45) is 6.79. The molecular weight excluding hydrogens is 240 g/mol. The van der Waals surface area contributed by atoms with Gasteiger partial charge in [0.25, 0.3) is 0 Å². The lowest BCUT2D eigenvalue weighted by atomic mass is 10.1. The number of hydrogen-bond acceptors (Lipinski definition) is 4. The second kappa shape index (κ2) is 4.89. The molecule has 0 aliphatic heterocycles. The predicted molar refractivity (Wildman–Crippen MR) is 71.6 cm³/mol. The number of H-pyrrole nitrogens is 1. The molecular formula is C14H12N4O. The highest BCUT2D eigenvalue weighted by Gasteiger charge is 2.10. The molecule has 0 spiro atoms. The molecule has 0 unspecified atom stereocenters. The van der Waals surface area contributed by atoms with E-state index < -0.39 is 0 Å². The average Bonchev–Trinajstić information content (AvgIpc) is 2.98. The van der Waals surface area contributed by atoms with E-state index in [1.165, 1.54) is 0 Å². The molecule has 5 nitrogen and oxygen atoms in total. The van der Waals surface area contributed by atoms with Crippen LogP contribution >= 0.6 is 0 Å². The Morgan fingerprint density at radius 3 is 2.58 bits per heavy atom. The van der Waals surface area contributed by atoms with Crippen molar-refractivity contribution in [1.29, 1.82) is 0 Å². The van der Waals surface area contributed by atoms with E-state index in [1.54, 1.807) is 31.9 Å². The summed E-state index contributed by atoms with van der Waals surface area (Å²) in [6, 6.07) is 7.78. The van der Waals surface area contributed by atoms with E-state index in [4.69, 9.17) is 4.74 Å². The van der Waals surface area contributed by atoms with E-state index >= 15 is 0 Å². The molecule has 3 aromatic rings. The lowest BCUT2D eigenvalue weighted by molar-refractivity contribution is 0.415. The van der Waals surface area contributed by atoms with Crippen LogP contribution in [0.3, 0.4) is 0 Å². The fourth-order valence-electron chi connectivity index (χ4n) is 1.90. The molecule has 0 saturated heterocycles. The minimum Gasteiger partial charge on any atom is -0.497 e. The Balaban J connectivity index is 2.04. The third-order valence-electron chi connectivity index (χ3n) is 2.86. The van der Waals surface area contributed by atoms with Crippen LogP contribution in [0.2, 0.25) is 0 Å². The molecule has 0 aliphatic rings. The first kappa shape index (κ1) is 11.4. The van der Waals surface area contributed by atoms with Crippen molar-refractivity contribution >= 4 is 0 Å². The van der Waals surface area contributed by atoms with Crippen molar-refractivity contribution in [1.82, 2.24) is 20.2 Å². The fraction of sp³-hybridized carbons (Fsp3) is 0.0714. The summed E-state index contributed by atoms with van der Waals surface area (Å²) in [7, 11) is 1.65. The van der Waals surface area contributed by atoms with Crippen molar-refractivity contribution in [2.45, 2.75) is 0 Å². The van der Waals surface area contributed by atoms with Crippen LogP contribution in [-0.2, 0) is 0 Å². The van der Waals surface area contributed by atoms with Gasteiger partial charge in [0.05, 0.1) is 30.9 Å². The Bertz CT molecular complexity index is 661. The quantitative estimate of drug-likeness (QED) is 0.778. The van der Waals surface area contributed by atoms with Gasteiger partial charge in [-0.15, -0.1) is 0 Å². The number of hydrogen-bond donors (Lipinski definition) is 1. The Labute approximate surface area is 110 Å². The third-order valence-corrected chi connectivity index (χ3v) is 2.86. The first-order valence-corrected chi connectivity index (χ1v) is 5.82. The highest BCUT2D eigenvalue weighted by atomic mass is 16.5. The SMILES string of the molecule is COc1ccc(-c2[nH]ncc2-c2cnccn2)cc1. The van der Waals surface area contributed by atoms with Crippen molar-refractivity contribution < 1.29 is 4.74 Å². The topological polar surface area (TPSA) is 63.7 Å². The number of methoxy groups -OCH3 is 1. The van der Waals surface area contributed by atoms with Gasteiger partial charge < -0.3 is 4.74 Å². The van der Waals surface area contributed by atoms with Crippen molar-refractivity contribution in [2.75, 3.05) is 7.11 Å². The highest BCUT2D eigenvalue weighted by molar-refractivity contribution is 5.78. The molecule has 3 rings (SSSR count). The second-order valence-electron chi connectivity index (χ2n) is 3.98. The molecule has 1 aromatic carbocycles. The smallest absolute Gasteiger partial charge is 0.118 e. The highest BCUT2D eigenvalue weighted by Crippen LogP contribution is 2.29. The Morgan fingerprint density at radius 1 is 1.05 bits per heavy atom. The maximum atomic E-state index is 5.15. The number of nitrogens with one attached hydrogen (secondary N) is 1. The summed E-state index contributed by atoms with van der Waals surface area (Å²) in [6.45, 7) is 0. The van der Waals surface area contributed by atoms with Gasteiger partial charge in [0.15, 0.2) is 0 Å². The number of benzene rings is 1. The van der Waals surface area contributed by atoms with Gasteiger partial charge in [-0.2, -0.15) is 5.10 Å². The van der Waals surface area contributed by atoms with Crippen LogP contribution in [0.15, 0.2) is 49.1 Å². The monoisotopic (exact) mass is 252 g/mol. The zero-order valence-corrected chi connectivity index (χ0v) is 10.4. The number of aromatic amines is 1. The van der Waals surface area contributed by atoms with Crippen molar-refractivity contribution in [3.63, 3.8) is 0 Å². The van der Waals surface area contributed by atoms with Gasteiger partial charge in [0, 0.05) is 23.5 Å². The van der Waals surface area contributed by atoms with Gasteiger partial charge in [-0.05, 0) is 24.3 Å². The van der Waals surface area contributed by atoms with Crippen LogP contribution in [-0.4, -0.2) is 27.3 Å². The first-order valence-electron chi connectivity index (χ1n) is 5.82. The molecule has 5 heteroatoms. The lowest BCUT2D eigenvalue weighted by Gasteiger charge is -2.04. The zero-order chi connectivity index (χ0) is 13.1. The first-order chi connectivity index (χ1) is 9.38. The van der Waals surface area contributed by atoms with Gasteiger partial charge in [-0.25, -0.2) is 0 Å². The minimum absolute atomic E-state index is 0.794. The summed E-state index contributed by atoms with van der Waals surface area (Å²) in [5.74, 6) is 0.823. The van der Waals surface area contributed by atoms with E-state index in [2.05, 4.69) is 20.2 Å². The predicted octanol–water partition coefficient (Wildman–Crippen LogP) is 2.54. The van der Waals surface area contributed by atoms with Crippen LogP contribution in [0.4, 0.5) is 0 Å². The largest absolute Gasteiger partial charge is 0.497 e. The number of ether oxygens (including phenoxy) is 1. The van der Waals surface area contributed by atoms with Gasteiger partial charge in [-0.1, -0.05) is 0 Å². The maximum Gasteiger partial charge on any atom is 0.118 e. The zero-order valence-electron chi connectivity index (χ0n) is 10.4. The number of aromatic nitrogens is 4. The van der Waals surface area contributed by atoms with Gasteiger partial charge >= 0.3 is 0 Å². The summed E-state index contributed by atoms with van der Waals surface area (Å²) in [5, 5.41) is 7.09. The summed E-state index contributed by atoms with van der Waals surface area (Å²) in [4.78, 5) is 8.37. The maximum absolute atomic E-state index is 5.15. The molecule has 0 atom stereocenters. The molecule has 94 valence electrons. The normalized spacial score (nSPS) is 10.4. The summed E-state index contributed by atoms with van der Waals surface area (Å²) >= 11 is 0. The molecule has 0 saturated carbocycles. The summed E-state index contributed by atoms with van der Waals surface area (Å²) in [5.41, 5.74) is 3.67. The molecule has 2 heterocycles. The molecule has 1 N–H and O–H groups in total. The van der Waals surface area contributed by atoms with E-state index in [1.807, 2.05) is 24.3 Å². The Kier molecular flexibility index (Phi) is 2.94. The molecule has 2 aromatic heterocycles. The Morgan fingerprint density at radius 2 is 1.89 bits per heavy atom. The van der Waals surface area contributed by atoms with Gasteiger partial charge in [0.1, 0.15) is 5.75 Å². The van der Waals surface area contributed by atoms with E-state index in [-0.39, 0.29) is 0 Å². The molecule has 0 bridgehead atoms. The van der Waals surface area contributed by atoms with E-state index in [0.717, 1.165) is 28.3 Å². The second-order valence-corrected chi connectivity index (χ2v) is 3.98. The molecule has 0 radical (unpaired) electrons. The molecule has 0 aliphatic carbocycles. The van der Waals surface area contributed by atoms with Crippen LogP contribution in [0.25, 0.3) is 22.5 Å². The summed E-state index contributed by atoms with van der Waals surface area (Å²) < 4.78 is 5.15. The van der Waals surface area contributed by atoms with E-state index in [9.17, 15) is 0 Å². The third kappa shape index (κ3) is 2.18. The standard InChI is InChI=1S/C14H12N4O/c1-19-11-4-2-10(3-5-11)14-12(8-17-18-14)13-9-15-6-7-16-13/h2-9H,1H3,(H,17,18). The fourth-order valence-corrected chi connectivity index (χ4v) is 1.90. The van der Waals surface area contributed by atoms with Crippen LogP contribution in [0.5, 0.6) is 5.75 Å². The number of rotatable bonds is 3. The van der Waals surface area contributed by atoms with Crippen LogP contribution in [0, 0.1) is 0 Å². The van der Waals surface area contributed by atoms with E-state index in [0.29, 0.717) is 0 Å². The van der Waals surface area contributed by atoms with Crippen LogP contribution < -0.4 is 4.74 Å². The Hall–Kier alpha value is -2.69. The molecule has 19 heavy (non-hydrogen) atoms. The van der Waals surface area contributed by atoms with Crippen molar-refractivity contribution in [2.24, 2.45) is 0 Å². The average molecular weight is 252 g/mol. The molecule has 0 amide bonds. The minimum atomic E-state index is 0.794. The van der Waals surface area contributed by atoms with Gasteiger partial charge in [-0.3, -0.25) is 15.1 Å². The number of nitrogens with zero attached hydrogens (tertiary/aromatic N) is 3. The van der Waals surface area contributed by atoms with Crippen LogP contribution in [0.1, 0.15) is 0 Å².